The van der Waals surface area contributed by atoms with Crippen LogP contribution in [0.5, 0.6) is 0 Å². The number of ketones is 2. The summed E-state index contributed by atoms with van der Waals surface area (Å²) in [4.78, 5) is 40.2. The van der Waals surface area contributed by atoms with E-state index in [2.05, 4.69) is 41.8 Å². The Labute approximate surface area is 267 Å². The Hall–Kier alpha value is -2.63. The van der Waals surface area contributed by atoms with Gasteiger partial charge in [0.2, 0.25) is 5.78 Å². The second kappa shape index (κ2) is 23.3. The van der Waals surface area contributed by atoms with Crippen LogP contribution in [0.2, 0.25) is 0 Å². The maximum Gasteiger partial charge on any atom is 1.00 e. The van der Waals surface area contributed by atoms with E-state index in [1.165, 1.54) is 13.0 Å². The Morgan fingerprint density at radius 1 is 0.718 bits per heavy atom. The first-order valence-electron chi connectivity index (χ1n) is 10.9. The van der Waals surface area contributed by atoms with E-state index in [1.807, 2.05) is 36.4 Å². The first-order valence-corrected chi connectivity index (χ1v) is 12.4. The van der Waals surface area contributed by atoms with E-state index in [4.69, 9.17) is 5.11 Å². The number of carbonyl (C=O) groups is 3. The molecule has 0 saturated heterocycles. The van der Waals surface area contributed by atoms with Crippen LogP contribution >= 0.6 is 31.9 Å². The van der Waals surface area contributed by atoms with Crippen molar-refractivity contribution in [2.45, 2.75) is 6.92 Å². The average Bonchev–Trinajstić information content (AvgIpc) is 2.96. The van der Waals surface area contributed by atoms with Crippen LogP contribution in [0.3, 0.4) is 0 Å². The summed E-state index contributed by atoms with van der Waals surface area (Å²) in [7, 11) is 1.00. The first kappa shape index (κ1) is 38.5. The van der Waals surface area contributed by atoms with Crippen molar-refractivity contribution < 1.29 is 54.5 Å². The number of nitrogens with zero attached hydrogens (tertiary/aromatic N) is 2. The van der Waals surface area contributed by atoms with E-state index in [-0.39, 0.29) is 46.6 Å². The van der Waals surface area contributed by atoms with E-state index < -0.39 is 0 Å². The van der Waals surface area contributed by atoms with Gasteiger partial charge in [-0.2, -0.15) is 0 Å². The van der Waals surface area contributed by atoms with Crippen molar-refractivity contribution in [2.75, 3.05) is 7.11 Å². The minimum atomic E-state index is -0.0893. The molecule has 0 amide bonds. The molecule has 0 bridgehead atoms. The van der Waals surface area contributed by atoms with Crippen molar-refractivity contribution in [3.8, 4) is 0 Å². The van der Waals surface area contributed by atoms with Gasteiger partial charge in [-0.15, -0.1) is 0 Å². The molecule has 0 fully saturated rings. The third-order valence-electron chi connectivity index (χ3n) is 4.25. The SMILES string of the molecule is CC(=O)c1ccccn1.CO.O=C(/C=C/c1ccc(Br)cc1)c1ccccn1.O=Cc1ccc(Br)cc1.[Na+].[OH-]. The molecule has 0 atom stereocenters. The Morgan fingerprint density at radius 2 is 1.15 bits per heavy atom. The minimum absolute atomic E-state index is 0. The van der Waals surface area contributed by atoms with Gasteiger partial charge in [-0.3, -0.25) is 24.4 Å². The fraction of sp³-hybridized carbons (Fsp3) is 0.0690. The molecule has 4 aromatic rings. The molecule has 0 aliphatic rings. The number of allylic oxidation sites excluding steroid dienone is 1. The molecule has 0 aliphatic carbocycles. The van der Waals surface area contributed by atoms with Crippen LogP contribution in [0.4, 0.5) is 0 Å². The number of carbonyl (C=O) groups excluding carboxylic acids is 3. The van der Waals surface area contributed by atoms with Gasteiger partial charge >= 0.3 is 29.6 Å². The Kier molecular flexibility index (Phi) is 23.0. The second-order valence-corrected chi connectivity index (χ2v) is 8.74. The molecular formula is C29H27Br2N2NaO5. The van der Waals surface area contributed by atoms with Crippen LogP contribution in [-0.2, 0) is 0 Å². The summed E-state index contributed by atoms with van der Waals surface area (Å²) in [5.41, 5.74) is 2.68. The molecule has 2 aromatic heterocycles. The van der Waals surface area contributed by atoms with E-state index in [9.17, 15) is 14.4 Å². The number of benzene rings is 2. The number of halogens is 2. The number of hydrogen-bond acceptors (Lipinski definition) is 7. The molecule has 2 heterocycles. The monoisotopic (exact) mass is 664 g/mol. The zero-order chi connectivity index (χ0) is 27.5. The van der Waals surface area contributed by atoms with E-state index in [0.717, 1.165) is 27.9 Å². The zero-order valence-electron chi connectivity index (χ0n) is 21.7. The maximum atomic E-state index is 11.7. The molecule has 0 aliphatic heterocycles. The van der Waals surface area contributed by atoms with Gasteiger partial charge in [-0.1, -0.05) is 74.3 Å². The molecule has 7 nitrogen and oxygen atoms in total. The number of aliphatic hydroxyl groups is 1. The number of hydrogen-bond donors (Lipinski definition) is 1. The molecule has 0 saturated carbocycles. The summed E-state index contributed by atoms with van der Waals surface area (Å²) in [5, 5.41) is 7.00. The van der Waals surface area contributed by atoms with Crippen molar-refractivity contribution in [1.29, 1.82) is 0 Å². The molecule has 0 radical (unpaired) electrons. The summed E-state index contributed by atoms with van der Waals surface area (Å²) in [6.07, 6.45) is 7.36. The van der Waals surface area contributed by atoms with Gasteiger partial charge in [0.05, 0.1) is 0 Å². The standard InChI is InChI=1S/C14H10BrNO.C7H5BrO.C7H7NO.CH4O.Na.H2O/c15-12-7-4-11(5-8-12)6-9-14(17)13-3-1-2-10-16-13;8-7-3-1-6(5-9)2-4-7;1-6(9)7-4-2-3-5-8-7;1-2;;/h1-10H;1-5H;2-5H,1H3;2H,1H3;;1H2/q;;;;+1;/p-1/b9-6+;;;;;. The zero-order valence-corrected chi connectivity index (χ0v) is 26.9. The summed E-state index contributed by atoms with van der Waals surface area (Å²) in [6.45, 7) is 1.50. The second-order valence-electron chi connectivity index (χ2n) is 6.90. The topological polar surface area (TPSA) is 127 Å². The Balaban J connectivity index is 0. The third-order valence-corrected chi connectivity index (χ3v) is 5.30. The fourth-order valence-corrected chi connectivity index (χ4v) is 2.98. The van der Waals surface area contributed by atoms with Crippen LogP contribution < -0.4 is 29.6 Å². The molecule has 198 valence electrons. The van der Waals surface area contributed by atoms with Crippen molar-refractivity contribution in [2.24, 2.45) is 0 Å². The minimum Gasteiger partial charge on any atom is -0.870 e. The van der Waals surface area contributed by atoms with Gasteiger partial charge < -0.3 is 10.6 Å². The van der Waals surface area contributed by atoms with Gasteiger partial charge in [0.25, 0.3) is 0 Å². The van der Waals surface area contributed by atoms with Crippen molar-refractivity contribution in [1.82, 2.24) is 9.97 Å². The van der Waals surface area contributed by atoms with E-state index in [0.29, 0.717) is 17.0 Å². The molecule has 10 heteroatoms. The molecular weight excluding hydrogens is 639 g/mol. The number of aliphatic hydroxyl groups excluding tert-OH is 1. The van der Waals surface area contributed by atoms with Gasteiger partial charge in [-0.05, 0) is 60.2 Å². The smallest absolute Gasteiger partial charge is 0.870 e. The van der Waals surface area contributed by atoms with Crippen molar-refractivity contribution in [3.63, 3.8) is 0 Å². The normalized spacial score (nSPS) is 8.95. The average molecular weight is 666 g/mol. The number of pyridine rings is 2. The first-order chi connectivity index (χ1) is 17.9. The molecule has 4 rings (SSSR count). The molecule has 2 aromatic carbocycles. The number of rotatable bonds is 5. The molecule has 0 unspecified atom stereocenters. The Bertz CT molecular complexity index is 1260. The Morgan fingerprint density at radius 3 is 1.51 bits per heavy atom. The van der Waals surface area contributed by atoms with Gasteiger partial charge in [0.15, 0.2) is 5.78 Å². The molecule has 0 spiro atoms. The quantitative estimate of drug-likeness (QED) is 0.149. The largest absolute Gasteiger partial charge is 1.00 e. The maximum absolute atomic E-state index is 11.7. The number of aromatic nitrogens is 2. The van der Waals surface area contributed by atoms with Crippen LogP contribution in [0.1, 0.15) is 43.8 Å². The van der Waals surface area contributed by atoms with Crippen LogP contribution in [-0.4, -0.2) is 45.5 Å². The van der Waals surface area contributed by atoms with Crippen LogP contribution in [0.25, 0.3) is 6.08 Å². The summed E-state index contributed by atoms with van der Waals surface area (Å²) in [6, 6.07) is 25.5. The van der Waals surface area contributed by atoms with Gasteiger partial charge in [0, 0.05) is 40.9 Å². The van der Waals surface area contributed by atoms with Gasteiger partial charge in [-0.25, -0.2) is 0 Å². The summed E-state index contributed by atoms with van der Waals surface area (Å²) in [5.74, 6) is -0.0795. The van der Waals surface area contributed by atoms with Gasteiger partial charge in [0.1, 0.15) is 17.7 Å². The fourth-order valence-electron chi connectivity index (χ4n) is 2.45. The van der Waals surface area contributed by atoms with E-state index >= 15 is 0 Å². The number of aldehydes is 1. The summed E-state index contributed by atoms with van der Waals surface area (Å²) < 4.78 is 2.01. The van der Waals surface area contributed by atoms with E-state index in [1.54, 1.807) is 67.0 Å². The molecule has 39 heavy (non-hydrogen) atoms. The van der Waals surface area contributed by atoms with Crippen molar-refractivity contribution in [3.05, 3.63) is 135 Å². The van der Waals surface area contributed by atoms with Crippen molar-refractivity contribution >= 4 is 55.8 Å². The predicted molar refractivity (Wildman–Crippen MR) is 156 cm³/mol. The number of Topliss-reactive ketones (excluding diaryl/α,β-unsaturated/α-hetero) is 1. The summed E-state index contributed by atoms with van der Waals surface area (Å²) >= 11 is 6.62. The third kappa shape index (κ3) is 16.8. The van der Waals surface area contributed by atoms with Crippen LogP contribution in [0, 0.1) is 0 Å². The molecule has 2 N–H and O–H groups in total. The van der Waals surface area contributed by atoms with Crippen LogP contribution in [0.15, 0.2) is 112 Å². The predicted octanol–water partition coefficient (Wildman–Crippen LogP) is 3.72.